The van der Waals surface area contributed by atoms with Gasteiger partial charge in [0.15, 0.2) is 5.96 Å². The summed E-state index contributed by atoms with van der Waals surface area (Å²) in [6.45, 7) is 4.97. The van der Waals surface area contributed by atoms with E-state index in [2.05, 4.69) is 22.1 Å². The largest absolute Gasteiger partial charge is 0.352 e. The summed E-state index contributed by atoms with van der Waals surface area (Å²) in [6.07, 6.45) is 2.38. The Kier molecular flexibility index (Phi) is 8.62. The van der Waals surface area contributed by atoms with Crippen molar-refractivity contribution >= 4 is 40.0 Å². The van der Waals surface area contributed by atoms with E-state index < -0.39 is 10.0 Å². The Balaban J connectivity index is 0.00000312. The second kappa shape index (κ2) is 9.72. The molecule has 0 radical (unpaired) electrons. The maximum Gasteiger partial charge on any atom is 0.242 e. The van der Waals surface area contributed by atoms with Crippen LogP contribution in [0.4, 0.5) is 0 Å². The van der Waals surface area contributed by atoms with E-state index in [4.69, 9.17) is 0 Å². The molecule has 1 aromatic carbocycles. The van der Waals surface area contributed by atoms with Crippen LogP contribution in [0.15, 0.2) is 34.2 Å². The van der Waals surface area contributed by atoms with Crippen molar-refractivity contribution in [2.24, 2.45) is 10.9 Å². The minimum absolute atomic E-state index is 0. The Bertz CT molecular complexity index is 666. The molecule has 25 heavy (non-hydrogen) atoms. The van der Waals surface area contributed by atoms with E-state index in [9.17, 15) is 8.42 Å². The molecule has 0 unspecified atom stereocenters. The zero-order valence-corrected chi connectivity index (χ0v) is 18.5. The van der Waals surface area contributed by atoms with Crippen LogP contribution in [0.5, 0.6) is 0 Å². The van der Waals surface area contributed by atoms with Crippen LogP contribution in [0.3, 0.4) is 0 Å². The molecule has 1 aliphatic heterocycles. The van der Waals surface area contributed by atoms with Crippen molar-refractivity contribution in [2.75, 3.05) is 34.2 Å². The molecule has 1 N–H and O–H groups in total. The maximum absolute atomic E-state index is 12.1. The van der Waals surface area contributed by atoms with Crippen LogP contribution in [0.25, 0.3) is 0 Å². The first-order valence-electron chi connectivity index (χ1n) is 8.31. The first-order valence-corrected chi connectivity index (χ1v) is 9.75. The van der Waals surface area contributed by atoms with Gasteiger partial charge in [0.2, 0.25) is 10.0 Å². The molecule has 0 aromatic heterocycles. The van der Waals surface area contributed by atoms with Crippen molar-refractivity contribution in [3.63, 3.8) is 0 Å². The number of benzene rings is 1. The zero-order chi connectivity index (χ0) is 17.7. The molecule has 1 aromatic rings. The Hall–Kier alpha value is -0.870. The fourth-order valence-corrected chi connectivity index (χ4v) is 3.63. The van der Waals surface area contributed by atoms with Crippen LogP contribution in [-0.4, -0.2) is 57.8 Å². The standard InChI is InChI=1S/C17H28N4O2S.HI/c1-14-9-11-21(12-10-14)17(18-2)19-13-15-5-7-16(8-6-15)24(22,23)20(3)4;/h5-8,14H,9-13H2,1-4H3,(H,18,19);1H. The average Bonchev–Trinajstić information content (AvgIpc) is 2.57. The van der Waals surface area contributed by atoms with Crippen molar-refractivity contribution in [3.8, 4) is 0 Å². The summed E-state index contributed by atoms with van der Waals surface area (Å²) in [7, 11) is 1.50. The van der Waals surface area contributed by atoms with Crippen LogP contribution in [0, 0.1) is 5.92 Å². The minimum atomic E-state index is -3.37. The van der Waals surface area contributed by atoms with Gasteiger partial charge in [-0.25, -0.2) is 12.7 Å². The molecule has 1 heterocycles. The summed E-state index contributed by atoms with van der Waals surface area (Å²) in [5.74, 6) is 1.69. The van der Waals surface area contributed by atoms with Gasteiger partial charge in [-0.3, -0.25) is 4.99 Å². The smallest absolute Gasteiger partial charge is 0.242 e. The summed E-state index contributed by atoms with van der Waals surface area (Å²) < 4.78 is 25.4. The molecule has 142 valence electrons. The molecule has 0 spiro atoms. The van der Waals surface area contributed by atoms with Gasteiger partial charge in [0.1, 0.15) is 0 Å². The van der Waals surface area contributed by atoms with Crippen LogP contribution >= 0.6 is 24.0 Å². The quantitative estimate of drug-likeness (QED) is 0.409. The highest BCUT2D eigenvalue weighted by Gasteiger charge is 2.19. The molecular formula is C17H29IN4O2S. The van der Waals surface area contributed by atoms with E-state index in [-0.39, 0.29) is 24.0 Å². The number of piperidine rings is 1. The zero-order valence-electron chi connectivity index (χ0n) is 15.4. The third kappa shape index (κ3) is 5.82. The van der Waals surface area contributed by atoms with Gasteiger partial charge < -0.3 is 10.2 Å². The first-order chi connectivity index (χ1) is 11.3. The van der Waals surface area contributed by atoms with E-state index in [0.717, 1.165) is 30.5 Å². The van der Waals surface area contributed by atoms with Crippen molar-refractivity contribution < 1.29 is 8.42 Å². The van der Waals surface area contributed by atoms with E-state index in [1.54, 1.807) is 19.2 Å². The molecule has 0 amide bonds. The number of nitrogens with zero attached hydrogens (tertiary/aromatic N) is 3. The number of rotatable bonds is 4. The fraction of sp³-hybridized carbons (Fsp3) is 0.588. The van der Waals surface area contributed by atoms with E-state index >= 15 is 0 Å². The van der Waals surface area contributed by atoms with Gasteiger partial charge in [-0.2, -0.15) is 0 Å². The molecule has 1 saturated heterocycles. The highest BCUT2D eigenvalue weighted by molar-refractivity contribution is 14.0. The lowest BCUT2D eigenvalue weighted by atomic mass is 10.00. The molecule has 0 bridgehead atoms. The number of guanidine groups is 1. The monoisotopic (exact) mass is 480 g/mol. The van der Waals surface area contributed by atoms with E-state index in [1.807, 2.05) is 12.1 Å². The normalized spacial score (nSPS) is 16.7. The van der Waals surface area contributed by atoms with Gasteiger partial charge in [-0.15, -0.1) is 24.0 Å². The topological polar surface area (TPSA) is 65.0 Å². The van der Waals surface area contributed by atoms with Gasteiger partial charge in [-0.1, -0.05) is 19.1 Å². The van der Waals surface area contributed by atoms with Gasteiger partial charge in [0.25, 0.3) is 0 Å². The van der Waals surface area contributed by atoms with Crippen LogP contribution < -0.4 is 5.32 Å². The fourth-order valence-electron chi connectivity index (χ4n) is 2.72. The number of halogens is 1. The van der Waals surface area contributed by atoms with Gasteiger partial charge in [0, 0.05) is 40.8 Å². The molecule has 2 rings (SSSR count). The average molecular weight is 480 g/mol. The molecule has 0 saturated carbocycles. The van der Waals surface area contributed by atoms with Crippen LogP contribution in [0.2, 0.25) is 0 Å². The molecule has 1 aliphatic rings. The maximum atomic E-state index is 12.1. The SMILES string of the molecule is CN=C(NCc1ccc(S(=O)(=O)N(C)C)cc1)N1CCC(C)CC1.I. The Labute approximate surface area is 168 Å². The minimum Gasteiger partial charge on any atom is -0.352 e. The Morgan fingerprint density at radius 1 is 1.24 bits per heavy atom. The number of sulfonamides is 1. The third-order valence-corrected chi connectivity index (χ3v) is 6.28. The predicted octanol–water partition coefficient (Wildman–Crippen LogP) is 2.36. The van der Waals surface area contributed by atoms with Crippen LogP contribution in [-0.2, 0) is 16.6 Å². The van der Waals surface area contributed by atoms with Gasteiger partial charge >= 0.3 is 0 Å². The highest BCUT2D eigenvalue weighted by Crippen LogP contribution is 2.16. The molecular weight excluding hydrogens is 451 g/mol. The number of hydrogen-bond acceptors (Lipinski definition) is 3. The van der Waals surface area contributed by atoms with Gasteiger partial charge in [-0.05, 0) is 36.5 Å². The summed E-state index contributed by atoms with van der Waals surface area (Å²) in [5, 5.41) is 3.37. The predicted molar refractivity (Wildman–Crippen MR) is 113 cm³/mol. The lowest BCUT2D eigenvalue weighted by Crippen LogP contribution is -2.45. The van der Waals surface area contributed by atoms with Crippen molar-refractivity contribution in [2.45, 2.75) is 31.2 Å². The number of nitrogens with one attached hydrogen (secondary N) is 1. The summed E-state index contributed by atoms with van der Waals surface area (Å²) in [6, 6.07) is 6.99. The highest BCUT2D eigenvalue weighted by atomic mass is 127. The van der Waals surface area contributed by atoms with Gasteiger partial charge in [0.05, 0.1) is 4.90 Å². The van der Waals surface area contributed by atoms with Crippen molar-refractivity contribution in [3.05, 3.63) is 29.8 Å². The Morgan fingerprint density at radius 2 is 1.80 bits per heavy atom. The van der Waals surface area contributed by atoms with Crippen molar-refractivity contribution in [1.82, 2.24) is 14.5 Å². The summed E-state index contributed by atoms with van der Waals surface area (Å²) >= 11 is 0. The number of hydrogen-bond donors (Lipinski definition) is 1. The number of likely N-dealkylation sites (tertiary alicyclic amines) is 1. The first kappa shape index (κ1) is 22.2. The van der Waals surface area contributed by atoms with E-state index in [0.29, 0.717) is 11.4 Å². The lowest BCUT2D eigenvalue weighted by Gasteiger charge is -2.32. The van der Waals surface area contributed by atoms with Crippen LogP contribution in [0.1, 0.15) is 25.3 Å². The molecule has 1 fully saturated rings. The molecule has 6 nitrogen and oxygen atoms in total. The summed E-state index contributed by atoms with van der Waals surface area (Å²) in [4.78, 5) is 6.95. The van der Waals surface area contributed by atoms with Crippen molar-refractivity contribution in [1.29, 1.82) is 0 Å². The molecule has 0 atom stereocenters. The summed E-state index contributed by atoms with van der Waals surface area (Å²) in [5.41, 5.74) is 1.03. The second-order valence-electron chi connectivity index (χ2n) is 6.50. The van der Waals surface area contributed by atoms with E-state index in [1.165, 1.54) is 31.2 Å². The molecule has 8 heteroatoms. The Morgan fingerprint density at radius 3 is 2.28 bits per heavy atom. The second-order valence-corrected chi connectivity index (χ2v) is 8.65. The lowest BCUT2D eigenvalue weighted by molar-refractivity contribution is 0.273. The molecule has 0 aliphatic carbocycles. The number of aliphatic imine (C=N–C) groups is 1. The third-order valence-electron chi connectivity index (χ3n) is 4.45.